The molecule has 0 bridgehead atoms. The maximum Gasteiger partial charge on any atom is 0.258 e. The molecule has 1 aliphatic heterocycles. The van der Waals surface area contributed by atoms with Crippen molar-refractivity contribution >= 4 is 11.6 Å². The molecule has 0 saturated carbocycles. The van der Waals surface area contributed by atoms with Gasteiger partial charge < -0.3 is 15.0 Å². The van der Waals surface area contributed by atoms with Crippen molar-refractivity contribution in [3.63, 3.8) is 0 Å². The summed E-state index contributed by atoms with van der Waals surface area (Å²) in [4.78, 5) is 14.5. The van der Waals surface area contributed by atoms with Gasteiger partial charge in [0.1, 0.15) is 5.75 Å². The van der Waals surface area contributed by atoms with E-state index in [2.05, 4.69) is 41.4 Å². The fourth-order valence-corrected chi connectivity index (χ4v) is 3.27. The van der Waals surface area contributed by atoms with Crippen LogP contribution in [0.1, 0.15) is 38.3 Å². The average Bonchev–Trinajstić information content (AvgIpc) is 2.68. The monoisotopic (exact) mass is 352 g/mol. The third-order valence-electron chi connectivity index (χ3n) is 5.03. The number of carbonyl (C=O) groups excluding carboxylic acids is 1. The maximum absolute atomic E-state index is 12.1. The van der Waals surface area contributed by atoms with Crippen LogP contribution in [0.2, 0.25) is 0 Å². The lowest BCUT2D eigenvalue weighted by atomic mass is 9.98. The zero-order chi connectivity index (χ0) is 18.4. The molecule has 2 aromatic carbocycles. The standard InChI is InChI=1S/C22H28N2O2/c1-17-12-14-24(15-13-17)20-10-8-19(9-11-20)18(2)23-22(25)16-26-21-6-4-3-5-7-21/h3-11,17-18H,12-16H2,1-2H3,(H,23,25). The minimum absolute atomic E-state index is 0.0262. The van der Waals surface area contributed by atoms with E-state index in [9.17, 15) is 4.79 Å². The van der Waals surface area contributed by atoms with E-state index in [1.165, 1.54) is 18.5 Å². The summed E-state index contributed by atoms with van der Waals surface area (Å²) in [6.07, 6.45) is 2.52. The van der Waals surface area contributed by atoms with E-state index < -0.39 is 0 Å². The van der Waals surface area contributed by atoms with Crippen LogP contribution in [0.25, 0.3) is 0 Å². The molecule has 1 fully saturated rings. The molecule has 4 nitrogen and oxygen atoms in total. The molecular formula is C22H28N2O2. The molecule has 1 amide bonds. The molecule has 0 spiro atoms. The summed E-state index contributed by atoms with van der Waals surface area (Å²) in [5.74, 6) is 1.42. The lowest BCUT2D eigenvalue weighted by Gasteiger charge is -2.32. The smallest absolute Gasteiger partial charge is 0.258 e. The first kappa shape index (κ1) is 18.3. The Kier molecular flexibility index (Phi) is 6.16. The van der Waals surface area contributed by atoms with Gasteiger partial charge in [0.2, 0.25) is 0 Å². The minimum atomic E-state index is -0.115. The van der Waals surface area contributed by atoms with Crippen molar-refractivity contribution in [3.05, 3.63) is 60.2 Å². The average molecular weight is 352 g/mol. The van der Waals surface area contributed by atoms with Crippen LogP contribution in [0, 0.1) is 5.92 Å². The SMILES string of the molecule is CC1CCN(c2ccc(C(C)NC(=O)COc3ccccc3)cc2)CC1. The van der Waals surface area contributed by atoms with Crippen molar-refractivity contribution in [1.29, 1.82) is 0 Å². The van der Waals surface area contributed by atoms with E-state index in [0.717, 1.165) is 24.6 Å². The number of carbonyl (C=O) groups is 1. The molecule has 1 saturated heterocycles. The largest absolute Gasteiger partial charge is 0.484 e. The summed E-state index contributed by atoms with van der Waals surface area (Å²) in [5.41, 5.74) is 2.37. The van der Waals surface area contributed by atoms with Crippen molar-refractivity contribution in [2.45, 2.75) is 32.7 Å². The summed E-state index contributed by atoms with van der Waals surface area (Å²) < 4.78 is 5.49. The van der Waals surface area contributed by atoms with Crippen LogP contribution in [0.15, 0.2) is 54.6 Å². The van der Waals surface area contributed by atoms with E-state index in [1.807, 2.05) is 37.3 Å². The summed E-state index contributed by atoms with van der Waals surface area (Å²) >= 11 is 0. The molecule has 1 N–H and O–H groups in total. The molecule has 0 radical (unpaired) electrons. The second kappa shape index (κ2) is 8.75. The number of ether oxygens (including phenoxy) is 1. The number of anilines is 1. The molecule has 1 unspecified atom stereocenters. The predicted molar refractivity (Wildman–Crippen MR) is 106 cm³/mol. The lowest BCUT2D eigenvalue weighted by molar-refractivity contribution is -0.123. The van der Waals surface area contributed by atoms with Gasteiger partial charge in [-0.3, -0.25) is 4.79 Å². The van der Waals surface area contributed by atoms with Gasteiger partial charge >= 0.3 is 0 Å². The Morgan fingerprint density at radius 1 is 1.12 bits per heavy atom. The fraction of sp³-hybridized carbons (Fsp3) is 0.409. The van der Waals surface area contributed by atoms with Gasteiger partial charge in [-0.2, -0.15) is 0 Å². The molecule has 2 aromatic rings. The third kappa shape index (κ3) is 5.01. The van der Waals surface area contributed by atoms with Gasteiger partial charge in [0.25, 0.3) is 5.91 Å². The van der Waals surface area contributed by atoms with Crippen LogP contribution < -0.4 is 15.0 Å². The van der Waals surface area contributed by atoms with Gasteiger partial charge in [-0.25, -0.2) is 0 Å². The van der Waals surface area contributed by atoms with Crippen molar-refractivity contribution in [2.75, 3.05) is 24.6 Å². The van der Waals surface area contributed by atoms with Crippen LogP contribution in [0.4, 0.5) is 5.69 Å². The van der Waals surface area contributed by atoms with Crippen molar-refractivity contribution in [3.8, 4) is 5.75 Å². The predicted octanol–water partition coefficient (Wildman–Crippen LogP) is 4.18. The first-order chi connectivity index (χ1) is 12.6. The second-order valence-corrected chi connectivity index (χ2v) is 7.15. The number of amides is 1. The van der Waals surface area contributed by atoms with Gasteiger partial charge in [0.15, 0.2) is 6.61 Å². The van der Waals surface area contributed by atoms with Gasteiger partial charge in [0, 0.05) is 18.8 Å². The first-order valence-corrected chi connectivity index (χ1v) is 9.44. The van der Waals surface area contributed by atoms with Gasteiger partial charge in [-0.05, 0) is 55.5 Å². The molecule has 1 atom stereocenters. The molecule has 0 aliphatic carbocycles. The highest BCUT2D eigenvalue weighted by atomic mass is 16.5. The highest BCUT2D eigenvalue weighted by molar-refractivity contribution is 5.78. The second-order valence-electron chi connectivity index (χ2n) is 7.15. The summed E-state index contributed by atoms with van der Waals surface area (Å²) in [5, 5.41) is 2.99. The quantitative estimate of drug-likeness (QED) is 0.848. The number of para-hydroxylation sites is 1. The van der Waals surface area contributed by atoms with E-state index >= 15 is 0 Å². The van der Waals surface area contributed by atoms with Crippen LogP contribution >= 0.6 is 0 Å². The molecule has 138 valence electrons. The van der Waals surface area contributed by atoms with Crippen LogP contribution in [-0.2, 0) is 4.79 Å². The van der Waals surface area contributed by atoms with Crippen molar-refractivity contribution in [2.24, 2.45) is 5.92 Å². The highest BCUT2D eigenvalue weighted by Gasteiger charge is 2.16. The maximum atomic E-state index is 12.1. The van der Waals surface area contributed by atoms with E-state index in [-0.39, 0.29) is 18.6 Å². The number of hydrogen-bond acceptors (Lipinski definition) is 3. The number of hydrogen-bond donors (Lipinski definition) is 1. The Hall–Kier alpha value is -2.49. The normalized spacial score (nSPS) is 16.2. The molecule has 4 heteroatoms. The van der Waals surface area contributed by atoms with E-state index in [1.54, 1.807) is 0 Å². The summed E-state index contributed by atoms with van der Waals surface area (Å²) in [6.45, 7) is 6.61. The zero-order valence-corrected chi connectivity index (χ0v) is 15.7. The highest BCUT2D eigenvalue weighted by Crippen LogP contribution is 2.24. The lowest BCUT2D eigenvalue weighted by Crippen LogP contribution is -2.33. The first-order valence-electron chi connectivity index (χ1n) is 9.44. The van der Waals surface area contributed by atoms with Crippen LogP contribution in [0.5, 0.6) is 5.75 Å². The fourth-order valence-electron chi connectivity index (χ4n) is 3.27. The van der Waals surface area contributed by atoms with Gasteiger partial charge in [-0.1, -0.05) is 37.3 Å². The molecule has 1 heterocycles. The Morgan fingerprint density at radius 2 is 1.77 bits per heavy atom. The number of piperidine rings is 1. The van der Waals surface area contributed by atoms with Gasteiger partial charge in [-0.15, -0.1) is 0 Å². The number of rotatable bonds is 6. The molecule has 0 aromatic heterocycles. The Labute approximate surface area is 156 Å². The van der Waals surface area contributed by atoms with E-state index in [4.69, 9.17) is 4.74 Å². The molecule has 26 heavy (non-hydrogen) atoms. The summed E-state index contributed by atoms with van der Waals surface area (Å²) in [7, 11) is 0. The molecule has 1 aliphatic rings. The Bertz CT molecular complexity index is 692. The number of benzene rings is 2. The zero-order valence-electron chi connectivity index (χ0n) is 15.7. The molecular weight excluding hydrogens is 324 g/mol. The third-order valence-corrected chi connectivity index (χ3v) is 5.03. The Morgan fingerprint density at radius 3 is 2.42 bits per heavy atom. The number of nitrogens with one attached hydrogen (secondary N) is 1. The minimum Gasteiger partial charge on any atom is -0.484 e. The summed E-state index contributed by atoms with van der Waals surface area (Å²) in [6, 6.07) is 17.9. The van der Waals surface area contributed by atoms with Crippen molar-refractivity contribution < 1.29 is 9.53 Å². The van der Waals surface area contributed by atoms with Crippen LogP contribution in [0.3, 0.4) is 0 Å². The molecule has 3 rings (SSSR count). The van der Waals surface area contributed by atoms with Crippen molar-refractivity contribution in [1.82, 2.24) is 5.32 Å². The van der Waals surface area contributed by atoms with Crippen LogP contribution in [-0.4, -0.2) is 25.6 Å². The van der Waals surface area contributed by atoms with E-state index in [0.29, 0.717) is 5.75 Å². The topological polar surface area (TPSA) is 41.6 Å². The Balaban J connectivity index is 1.49. The number of nitrogens with zero attached hydrogens (tertiary/aromatic N) is 1. The van der Waals surface area contributed by atoms with Gasteiger partial charge in [0.05, 0.1) is 6.04 Å².